The topological polar surface area (TPSA) is 82.2 Å². The highest BCUT2D eigenvalue weighted by molar-refractivity contribution is 6.32. The number of aromatic nitrogens is 2. The number of hydrogen-bond acceptors (Lipinski definition) is 4. The number of hydrazone groups is 1. The van der Waals surface area contributed by atoms with Crippen LogP contribution in [0.5, 0.6) is 0 Å². The van der Waals surface area contributed by atoms with E-state index in [9.17, 15) is 4.79 Å². The third-order valence-electron chi connectivity index (χ3n) is 3.89. The summed E-state index contributed by atoms with van der Waals surface area (Å²) < 4.78 is 0. The molecule has 6 nitrogen and oxygen atoms in total. The van der Waals surface area contributed by atoms with E-state index in [2.05, 4.69) is 25.8 Å². The summed E-state index contributed by atoms with van der Waals surface area (Å²) in [6.07, 6.45) is 2.30. The Morgan fingerprint density at radius 1 is 1.25 bits per heavy atom. The number of H-pyrrole nitrogens is 1. The zero-order chi connectivity index (χ0) is 16.5. The van der Waals surface area contributed by atoms with Crippen LogP contribution in [-0.2, 0) is 0 Å². The maximum Gasteiger partial charge on any atom is 0.268 e. The maximum absolute atomic E-state index is 12.3. The van der Waals surface area contributed by atoms with Crippen molar-refractivity contribution in [2.24, 2.45) is 5.10 Å². The number of rotatable bonds is 2. The lowest BCUT2D eigenvalue weighted by Crippen LogP contribution is -2.23. The predicted octanol–water partition coefficient (Wildman–Crippen LogP) is 3.17. The monoisotopic (exact) mass is 339 g/mol. The Morgan fingerprint density at radius 2 is 2.17 bits per heavy atom. The van der Waals surface area contributed by atoms with Crippen LogP contribution in [0.25, 0.3) is 10.9 Å². The Bertz CT molecular complexity index is 948. The van der Waals surface area contributed by atoms with Crippen molar-refractivity contribution in [2.75, 3.05) is 12.0 Å². The van der Waals surface area contributed by atoms with Crippen LogP contribution in [0, 0.1) is 0 Å². The number of halogens is 1. The van der Waals surface area contributed by atoms with Crippen molar-refractivity contribution in [3.05, 3.63) is 58.9 Å². The molecule has 1 aromatic carbocycles. The average Bonchev–Trinajstić information content (AvgIpc) is 2.89. The molecule has 0 saturated carbocycles. The number of amides is 1. The molecular formula is C17H14ClN5O. The van der Waals surface area contributed by atoms with E-state index in [4.69, 9.17) is 11.6 Å². The molecule has 0 bridgehead atoms. The number of pyridine rings is 1. The molecule has 0 unspecified atom stereocenters. The molecule has 4 rings (SSSR count). The molecule has 3 N–H and O–H groups in total. The zero-order valence-corrected chi connectivity index (χ0v) is 13.4. The van der Waals surface area contributed by atoms with E-state index in [0.29, 0.717) is 29.5 Å². The number of benzene rings is 1. The molecule has 3 aromatic rings. The lowest BCUT2D eigenvalue weighted by molar-refractivity contribution is 0.0952. The van der Waals surface area contributed by atoms with Crippen molar-refractivity contribution in [3.8, 4) is 0 Å². The summed E-state index contributed by atoms with van der Waals surface area (Å²) in [4.78, 5) is 19.7. The smallest absolute Gasteiger partial charge is 0.268 e. The van der Waals surface area contributed by atoms with E-state index in [1.54, 1.807) is 12.3 Å². The lowest BCUT2D eigenvalue weighted by atomic mass is 10.0. The number of aromatic amines is 1. The number of nitrogens with one attached hydrogen (secondary N) is 3. The fourth-order valence-corrected chi connectivity index (χ4v) is 2.98. The highest BCUT2D eigenvalue weighted by Crippen LogP contribution is 2.28. The predicted molar refractivity (Wildman–Crippen MR) is 94.7 cm³/mol. The summed E-state index contributed by atoms with van der Waals surface area (Å²) in [6, 6.07) is 11.1. The Hall–Kier alpha value is -2.86. The highest BCUT2D eigenvalue weighted by atomic mass is 35.5. The van der Waals surface area contributed by atoms with E-state index in [-0.39, 0.29) is 5.91 Å². The number of hydrogen-bond donors (Lipinski definition) is 3. The van der Waals surface area contributed by atoms with Crippen molar-refractivity contribution in [1.82, 2.24) is 15.3 Å². The first-order valence-electron chi connectivity index (χ1n) is 7.56. The second kappa shape index (κ2) is 5.98. The minimum Gasteiger partial charge on any atom is -0.350 e. The Balaban J connectivity index is 1.84. The SMILES string of the molecule is O=C1NCCC(=NNc2ccccn2)c2c1[nH]c1ccc(Cl)cc21. The second-order valence-electron chi connectivity index (χ2n) is 5.46. The summed E-state index contributed by atoms with van der Waals surface area (Å²) in [6.45, 7) is 0.520. The van der Waals surface area contributed by atoms with Gasteiger partial charge in [0.05, 0.1) is 5.71 Å². The van der Waals surface area contributed by atoms with E-state index in [1.165, 1.54) is 0 Å². The van der Waals surface area contributed by atoms with E-state index in [0.717, 1.165) is 22.2 Å². The molecule has 7 heteroatoms. The molecule has 3 heterocycles. The lowest BCUT2D eigenvalue weighted by Gasteiger charge is -2.05. The van der Waals surface area contributed by atoms with Crippen LogP contribution in [0.2, 0.25) is 5.02 Å². The molecule has 24 heavy (non-hydrogen) atoms. The van der Waals surface area contributed by atoms with Gasteiger partial charge in [0.25, 0.3) is 5.91 Å². The fourth-order valence-electron chi connectivity index (χ4n) is 2.81. The molecule has 0 spiro atoms. The Labute approximate surface area is 142 Å². The molecule has 120 valence electrons. The first kappa shape index (κ1) is 14.7. The summed E-state index contributed by atoms with van der Waals surface area (Å²) in [5.74, 6) is 0.508. The second-order valence-corrected chi connectivity index (χ2v) is 5.89. The van der Waals surface area contributed by atoms with Crippen LogP contribution in [0.3, 0.4) is 0 Å². The van der Waals surface area contributed by atoms with Crippen LogP contribution >= 0.6 is 11.6 Å². The van der Waals surface area contributed by atoms with Gasteiger partial charge >= 0.3 is 0 Å². The number of carbonyl (C=O) groups excluding carboxylic acids is 1. The number of fused-ring (bicyclic) bond motifs is 3. The van der Waals surface area contributed by atoms with Crippen molar-refractivity contribution in [1.29, 1.82) is 0 Å². The van der Waals surface area contributed by atoms with Gasteiger partial charge in [0, 0.05) is 40.7 Å². The number of carbonyl (C=O) groups is 1. The summed E-state index contributed by atoms with van der Waals surface area (Å²) in [5, 5.41) is 8.87. The van der Waals surface area contributed by atoms with Crippen LogP contribution < -0.4 is 10.7 Å². The van der Waals surface area contributed by atoms with Gasteiger partial charge < -0.3 is 10.3 Å². The molecule has 0 atom stereocenters. The first-order chi connectivity index (χ1) is 11.7. The zero-order valence-electron chi connectivity index (χ0n) is 12.6. The largest absolute Gasteiger partial charge is 0.350 e. The van der Waals surface area contributed by atoms with Crippen molar-refractivity contribution >= 4 is 39.9 Å². The van der Waals surface area contributed by atoms with Crippen LogP contribution in [-0.4, -0.2) is 28.1 Å². The van der Waals surface area contributed by atoms with Gasteiger partial charge in [-0.1, -0.05) is 17.7 Å². The van der Waals surface area contributed by atoms with Gasteiger partial charge in [-0.2, -0.15) is 5.10 Å². The van der Waals surface area contributed by atoms with Crippen molar-refractivity contribution < 1.29 is 4.79 Å². The normalized spacial score (nSPS) is 15.9. The van der Waals surface area contributed by atoms with Gasteiger partial charge in [-0.15, -0.1) is 0 Å². The van der Waals surface area contributed by atoms with E-state index >= 15 is 0 Å². The molecule has 0 fully saturated rings. The third-order valence-corrected chi connectivity index (χ3v) is 4.13. The molecule has 1 aliphatic rings. The Kier molecular flexibility index (Phi) is 3.66. The van der Waals surface area contributed by atoms with Gasteiger partial charge in [0.2, 0.25) is 0 Å². The van der Waals surface area contributed by atoms with Gasteiger partial charge in [-0.25, -0.2) is 4.98 Å². The molecular weight excluding hydrogens is 326 g/mol. The van der Waals surface area contributed by atoms with Crippen LogP contribution in [0.1, 0.15) is 22.5 Å². The third kappa shape index (κ3) is 2.61. The van der Waals surface area contributed by atoms with Crippen molar-refractivity contribution in [2.45, 2.75) is 6.42 Å². The molecule has 1 amide bonds. The van der Waals surface area contributed by atoms with Crippen LogP contribution in [0.4, 0.5) is 5.82 Å². The van der Waals surface area contributed by atoms with Gasteiger partial charge in [-0.3, -0.25) is 10.2 Å². The van der Waals surface area contributed by atoms with Crippen molar-refractivity contribution in [3.63, 3.8) is 0 Å². The van der Waals surface area contributed by atoms with E-state index < -0.39 is 0 Å². The van der Waals surface area contributed by atoms with Crippen LogP contribution in [0.15, 0.2) is 47.7 Å². The van der Waals surface area contributed by atoms with Gasteiger partial charge in [0.15, 0.2) is 0 Å². The average molecular weight is 340 g/mol. The fraction of sp³-hybridized carbons (Fsp3) is 0.118. The quantitative estimate of drug-likeness (QED) is 0.627. The maximum atomic E-state index is 12.3. The number of anilines is 1. The number of nitrogens with zero attached hydrogens (tertiary/aromatic N) is 2. The minimum atomic E-state index is -0.139. The summed E-state index contributed by atoms with van der Waals surface area (Å²) in [7, 11) is 0. The summed E-state index contributed by atoms with van der Waals surface area (Å²) in [5.41, 5.74) is 5.88. The van der Waals surface area contributed by atoms with Gasteiger partial charge in [-0.05, 0) is 30.3 Å². The molecule has 0 saturated heterocycles. The molecule has 0 aliphatic carbocycles. The van der Waals surface area contributed by atoms with Gasteiger partial charge in [0.1, 0.15) is 11.5 Å². The summed E-state index contributed by atoms with van der Waals surface area (Å²) >= 11 is 6.14. The highest BCUT2D eigenvalue weighted by Gasteiger charge is 2.25. The molecule has 2 aromatic heterocycles. The molecule has 0 radical (unpaired) electrons. The standard InChI is InChI=1S/C17H14ClN5O/c18-10-4-5-12-11(9-10)15-13(6-8-20-17(24)16(15)21-12)22-23-14-3-1-2-7-19-14/h1-5,7,9,21H,6,8H2,(H,19,23)(H,20,24). The first-order valence-corrected chi connectivity index (χ1v) is 7.93. The minimum absolute atomic E-state index is 0.139. The van der Waals surface area contributed by atoms with E-state index in [1.807, 2.05) is 30.3 Å². The molecule has 1 aliphatic heterocycles. The Morgan fingerprint density at radius 3 is 3.00 bits per heavy atom.